The lowest BCUT2D eigenvalue weighted by molar-refractivity contribution is 0.0800. The Balaban J connectivity index is 2.55. The molecule has 0 unspecified atom stereocenters. The molecule has 0 aliphatic carbocycles. The van der Waals surface area contributed by atoms with Crippen LogP contribution < -0.4 is 0 Å². The van der Waals surface area contributed by atoms with Crippen molar-refractivity contribution >= 4 is 22.9 Å². The van der Waals surface area contributed by atoms with Crippen LogP contribution in [0.4, 0.5) is 0 Å². The van der Waals surface area contributed by atoms with Crippen molar-refractivity contribution in [2.75, 3.05) is 13.1 Å². The second-order valence-corrected chi connectivity index (χ2v) is 5.31. The van der Waals surface area contributed by atoms with Crippen molar-refractivity contribution < 1.29 is 0 Å². The van der Waals surface area contributed by atoms with Crippen LogP contribution in [0.15, 0.2) is 0 Å². The van der Waals surface area contributed by atoms with Gasteiger partial charge in [-0.15, -0.1) is 0 Å². The van der Waals surface area contributed by atoms with Gasteiger partial charge in [-0.05, 0) is 27.7 Å². The SMILES string of the molecule is CC(C)N1C[C@@H](C)N(I)C[C@@H]1C. The van der Waals surface area contributed by atoms with Gasteiger partial charge in [0.05, 0.1) is 0 Å². The van der Waals surface area contributed by atoms with Crippen LogP contribution in [0.3, 0.4) is 0 Å². The van der Waals surface area contributed by atoms with Gasteiger partial charge in [0.15, 0.2) is 0 Å². The van der Waals surface area contributed by atoms with Crippen LogP contribution in [-0.2, 0) is 0 Å². The van der Waals surface area contributed by atoms with E-state index in [2.05, 4.69) is 58.6 Å². The van der Waals surface area contributed by atoms with E-state index in [0.29, 0.717) is 18.1 Å². The van der Waals surface area contributed by atoms with Crippen LogP contribution in [0.1, 0.15) is 27.7 Å². The summed E-state index contributed by atoms with van der Waals surface area (Å²) >= 11 is 2.44. The third-order valence-corrected chi connectivity index (χ3v) is 3.97. The summed E-state index contributed by atoms with van der Waals surface area (Å²) in [4.78, 5) is 2.58. The van der Waals surface area contributed by atoms with E-state index in [1.165, 1.54) is 13.1 Å². The van der Waals surface area contributed by atoms with Crippen molar-refractivity contribution in [1.29, 1.82) is 0 Å². The molecular formula is C9H19IN2. The van der Waals surface area contributed by atoms with Crippen LogP contribution in [-0.4, -0.2) is 39.2 Å². The number of nitrogens with zero attached hydrogens (tertiary/aromatic N) is 2. The van der Waals surface area contributed by atoms with Crippen molar-refractivity contribution in [2.24, 2.45) is 0 Å². The minimum atomic E-state index is 0.688. The topological polar surface area (TPSA) is 6.48 Å². The standard InChI is InChI=1S/C9H19IN2/c1-7(2)11-5-9(4)12(10)6-8(11)3/h7-9H,5-6H2,1-4H3/t8-,9+/m0/s1. The third kappa shape index (κ3) is 2.33. The number of halogens is 1. The molecule has 1 fully saturated rings. The highest BCUT2D eigenvalue weighted by Crippen LogP contribution is 2.20. The van der Waals surface area contributed by atoms with E-state index < -0.39 is 0 Å². The van der Waals surface area contributed by atoms with Gasteiger partial charge in [-0.2, -0.15) is 0 Å². The van der Waals surface area contributed by atoms with E-state index in [1.807, 2.05) is 0 Å². The number of rotatable bonds is 1. The Labute approximate surface area is 89.8 Å². The summed E-state index contributed by atoms with van der Waals surface area (Å²) in [6, 6.07) is 2.09. The zero-order chi connectivity index (χ0) is 9.30. The molecule has 2 nitrogen and oxygen atoms in total. The molecular weight excluding hydrogens is 263 g/mol. The predicted molar refractivity (Wildman–Crippen MR) is 61.5 cm³/mol. The zero-order valence-corrected chi connectivity index (χ0v) is 10.6. The number of hydrogen-bond donors (Lipinski definition) is 0. The first-order valence-corrected chi connectivity index (χ1v) is 5.67. The van der Waals surface area contributed by atoms with E-state index in [-0.39, 0.29) is 0 Å². The van der Waals surface area contributed by atoms with E-state index >= 15 is 0 Å². The van der Waals surface area contributed by atoms with Gasteiger partial charge >= 0.3 is 0 Å². The maximum absolute atomic E-state index is 2.58. The molecule has 2 atom stereocenters. The molecule has 0 amide bonds. The minimum absolute atomic E-state index is 0.688. The third-order valence-electron chi connectivity index (χ3n) is 2.62. The average molecular weight is 282 g/mol. The summed E-state index contributed by atoms with van der Waals surface area (Å²) < 4.78 is 2.42. The van der Waals surface area contributed by atoms with Crippen molar-refractivity contribution in [1.82, 2.24) is 8.01 Å². The molecule has 72 valence electrons. The molecule has 0 spiro atoms. The summed E-state index contributed by atoms with van der Waals surface area (Å²) in [5.74, 6) is 0. The van der Waals surface area contributed by atoms with Gasteiger partial charge in [0.1, 0.15) is 0 Å². The van der Waals surface area contributed by atoms with Crippen molar-refractivity contribution in [3.8, 4) is 0 Å². The Morgan fingerprint density at radius 1 is 1.17 bits per heavy atom. The maximum Gasteiger partial charge on any atom is 0.0294 e. The van der Waals surface area contributed by atoms with Crippen LogP contribution in [0.2, 0.25) is 0 Å². The van der Waals surface area contributed by atoms with Crippen LogP contribution >= 0.6 is 22.9 Å². The molecule has 0 aromatic rings. The van der Waals surface area contributed by atoms with Gasteiger partial charge in [-0.1, -0.05) is 0 Å². The molecule has 12 heavy (non-hydrogen) atoms. The van der Waals surface area contributed by atoms with Crippen molar-refractivity contribution in [3.05, 3.63) is 0 Å². The fourth-order valence-electron chi connectivity index (χ4n) is 1.83. The molecule has 0 aromatic heterocycles. The van der Waals surface area contributed by atoms with Crippen LogP contribution in [0, 0.1) is 0 Å². The molecule has 1 heterocycles. The molecule has 1 rings (SSSR count). The van der Waals surface area contributed by atoms with Gasteiger partial charge < -0.3 is 0 Å². The Kier molecular flexibility index (Phi) is 3.79. The Bertz CT molecular complexity index is 149. The van der Waals surface area contributed by atoms with Gasteiger partial charge in [-0.3, -0.25) is 4.90 Å². The summed E-state index contributed by atoms with van der Waals surface area (Å²) in [6.45, 7) is 11.6. The Morgan fingerprint density at radius 3 is 2.25 bits per heavy atom. The minimum Gasteiger partial charge on any atom is -0.295 e. The summed E-state index contributed by atoms with van der Waals surface area (Å²) in [7, 11) is 0. The molecule has 0 aromatic carbocycles. The number of hydrogen-bond acceptors (Lipinski definition) is 2. The fourth-order valence-corrected chi connectivity index (χ4v) is 2.58. The van der Waals surface area contributed by atoms with E-state index in [9.17, 15) is 0 Å². The first kappa shape index (κ1) is 10.7. The molecule has 0 saturated carbocycles. The van der Waals surface area contributed by atoms with Gasteiger partial charge in [0.2, 0.25) is 0 Å². The molecule has 0 N–H and O–H groups in total. The summed E-state index contributed by atoms with van der Waals surface area (Å²) in [5.41, 5.74) is 0. The lowest BCUT2D eigenvalue weighted by atomic mass is 10.1. The molecule has 1 aliphatic rings. The maximum atomic E-state index is 2.58. The smallest absolute Gasteiger partial charge is 0.0294 e. The van der Waals surface area contributed by atoms with E-state index in [0.717, 1.165) is 0 Å². The zero-order valence-electron chi connectivity index (χ0n) is 8.42. The largest absolute Gasteiger partial charge is 0.295 e. The predicted octanol–water partition coefficient (Wildman–Crippen LogP) is 2.14. The quantitative estimate of drug-likeness (QED) is 0.537. The van der Waals surface area contributed by atoms with Crippen LogP contribution in [0.5, 0.6) is 0 Å². The van der Waals surface area contributed by atoms with E-state index in [4.69, 9.17) is 0 Å². The summed E-state index contributed by atoms with van der Waals surface area (Å²) in [5, 5.41) is 0. The van der Waals surface area contributed by atoms with E-state index in [1.54, 1.807) is 0 Å². The highest BCUT2D eigenvalue weighted by Gasteiger charge is 2.28. The second kappa shape index (κ2) is 4.24. The second-order valence-electron chi connectivity index (χ2n) is 4.07. The van der Waals surface area contributed by atoms with Gasteiger partial charge in [0.25, 0.3) is 0 Å². The lowest BCUT2D eigenvalue weighted by Gasteiger charge is -2.43. The lowest BCUT2D eigenvalue weighted by Crippen LogP contribution is -2.55. The van der Waals surface area contributed by atoms with Gasteiger partial charge in [0, 0.05) is 54.1 Å². The fraction of sp³-hybridized carbons (Fsp3) is 1.00. The Morgan fingerprint density at radius 2 is 1.75 bits per heavy atom. The first-order valence-electron chi connectivity index (χ1n) is 4.70. The number of piperazine rings is 1. The molecule has 1 aliphatic heterocycles. The molecule has 0 radical (unpaired) electrons. The monoisotopic (exact) mass is 282 g/mol. The molecule has 3 heteroatoms. The molecule has 1 saturated heterocycles. The van der Waals surface area contributed by atoms with Crippen molar-refractivity contribution in [3.63, 3.8) is 0 Å². The highest BCUT2D eigenvalue weighted by atomic mass is 127. The van der Waals surface area contributed by atoms with Crippen LogP contribution in [0.25, 0.3) is 0 Å². The van der Waals surface area contributed by atoms with Gasteiger partial charge in [-0.25, -0.2) is 3.11 Å². The molecule has 0 bridgehead atoms. The normalized spacial score (nSPS) is 34.5. The first-order chi connectivity index (χ1) is 5.52. The van der Waals surface area contributed by atoms with Crippen molar-refractivity contribution in [2.45, 2.75) is 45.8 Å². The Hall–Kier alpha value is 0.650. The summed E-state index contributed by atoms with van der Waals surface area (Å²) in [6.07, 6.45) is 0. The highest BCUT2D eigenvalue weighted by molar-refractivity contribution is 14.1. The average Bonchev–Trinajstić information content (AvgIpc) is 1.96.